The highest BCUT2D eigenvalue weighted by molar-refractivity contribution is 5.75. The zero-order valence-corrected chi connectivity index (χ0v) is 17.6. The Bertz CT molecular complexity index is 281. The summed E-state index contributed by atoms with van der Waals surface area (Å²) in [4.78, 5) is 11.7. The summed E-state index contributed by atoms with van der Waals surface area (Å²) in [6.07, 6.45) is 22.2. The van der Waals surface area contributed by atoms with Gasteiger partial charge in [-0.1, -0.05) is 104 Å². The van der Waals surface area contributed by atoms with Crippen LogP contribution in [0.3, 0.4) is 0 Å². The first kappa shape index (κ1) is 24.4. The largest absolute Gasteiger partial charge is 0.289 e. The lowest BCUT2D eigenvalue weighted by atomic mass is 10.0. The van der Waals surface area contributed by atoms with E-state index in [1.54, 1.807) is 0 Å². The quantitative estimate of drug-likeness (QED) is 0.209. The normalized spacial score (nSPS) is 11.2. The molecule has 0 fully saturated rings. The Balaban J connectivity index is 3.15. The van der Waals surface area contributed by atoms with Crippen LogP contribution < -0.4 is 5.43 Å². The molecule has 0 atom stereocenters. The molecule has 0 rings (SSSR count). The molecule has 0 saturated heterocycles. The predicted octanol–water partition coefficient (Wildman–Crippen LogP) is 6.62. The summed E-state index contributed by atoms with van der Waals surface area (Å²) < 4.78 is 0. The van der Waals surface area contributed by atoms with Crippen molar-refractivity contribution in [1.29, 1.82) is 0 Å². The maximum absolute atomic E-state index is 11.7. The number of carbonyl (C=O) groups is 1. The van der Waals surface area contributed by atoms with Crippen molar-refractivity contribution in [3.8, 4) is 0 Å². The van der Waals surface area contributed by atoms with Gasteiger partial charge in [0.05, 0.1) is 0 Å². The lowest BCUT2D eigenvalue weighted by molar-refractivity contribution is -0.125. The second-order valence-electron chi connectivity index (χ2n) is 7.66. The Hall–Kier alpha value is -0.570. The fraction of sp³-hybridized carbons (Fsp3) is 0.955. The second-order valence-corrected chi connectivity index (χ2v) is 7.66. The molecule has 0 bridgehead atoms. The van der Waals surface area contributed by atoms with Gasteiger partial charge in [-0.05, 0) is 12.8 Å². The number of hydrazine groups is 1. The number of nitrogens with zero attached hydrogens (tertiary/aromatic N) is 1. The number of unbranched alkanes of at least 4 members (excludes halogenated alkanes) is 14. The van der Waals surface area contributed by atoms with Gasteiger partial charge in [0.1, 0.15) is 0 Å². The topological polar surface area (TPSA) is 32.3 Å². The maximum atomic E-state index is 11.7. The molecule has 0 aromatic carbocycles. The number of carbonyl (C=O) groups excluding carboxylic acids is 1. The first-order valence-corrected chi connectivity index (χ1v) is 11.2. The summed E-state index contributed by atoms with van der Waals surface area (Å²) in [5, 5.41) is 1.90. The van der Waals surface area contributed by atoms with E-state index in [9.17, 15) is 4.79 Å². The van der Waals surface area contributed by atoms with E-state index in [1.807, 2.05) is 12.1 Å². The van der Waals surface area contributed by atoms with E-state index in [2.05, 4.69) is 19.3 Å². The highest BCUT2D eigenvalue weighted by Gasteiger charge is 2.03. The maximum Gasteiger partial charge on any atom is 0.234 e. The van der Waals surface area contributed by atoms with Crippen molar-refractivity contribution in [3.63, 3.8) is 0 Å². The summed E-state index contributed by atoms with van der Waals surface area (Å²) in [7, 11) is 1.94. The summed E-state index contributed by atoms with van der Waals surface area (Å²) in [5.74, 6) is 0.172. The van der Waals surface area contributed by atoms with Crippen LogP contribution in [-0.2, 0) is 4.79 Å². The number of amides is 1. The zero-order chi connectivity index (χ0) is 18.6. The van der Waals surface area contributed by atoms with E-state index in [0.29, 0.717) is 6.42 Å². The lowest BCUT2D eigenvalue weighted by Gasteiger charge is -2.16. The van der Waals surface area contributed by atoms with Gasteiger partial charge in [-0.15, -0.1) is 0 Å². The summed E-state index contributed by atoms with van der Waals surface area (Å²) in [6, 6.07) is 0. The number of hydrogen-bond donors (Lipinski definition) is 1. The van der Waals surface area contributed by atoms with E-state index in [4.69, 9.17) is 0 Å². The van der Waals surface area contributed by atoms with E-state index >= 15 is 0 Å². The smallest absolute Gasteiger partial charge is 0.234 e. The third-order valence-electron chi connectivity index (χ3n) is 4.88. The Kier molecular flexibility index (Phi) is 19.3. The highest BCUT2D eigenvalue weighted by atomic mass is 16.2. The molecule has 150 valence electrons. The number of hydrogen-bond acceptors (Lipinski definition) is 2. The third-order valence-corrected chi connectivity index (χ3v) is 4.88. The van der Waals surface area contributed by atoms with Crippen molar-refractivity contribution in [2.45, 2.75) is 123 Å². The van der Waals surface area contributed by atoms with Gasteiger partial charge in [0.25, 0.3) is 0 Å². The minimum atomic E-state index is 0.172. The van der Waals surface area contributed by atoms with Crippen molar-refractivity contribution in [2.75, 3.05) is 13.6 Å². The van der Waals surface area contributed by atoms with Gasteiger partial charge >= 0.3 is 0 Å². The Labute approximate surface area is 158 Å². The van der Waals surface area contributed by atoms with Gasteiger partial charge in [0.15, 0.2) is 0 Å². The van der Waals surface area contributed by atoms with Crippen molar-refractivity contribution in [2.24, 2.45) is 0 Å². The van der Waals surface area contributed by atoms with Gasteiger partial charge in [-0.25, -0.2) is 5.01 Å². The SMILES string of the molecule is CCCCCCCCCCCCCCCCCC(=O)NN(C)CCC. The molecule has 0 aliphatic heterocycles. The van der Waals surface area contributed by atoms with Crippen LogP contribution in [0.15, 0.2) is 0 Å². The summed E-state index contributed by atoms with van der Waals surface area (Å²) >= 11 is 0. The molecular weight excluding hydrogens is 308 g/mol. The molecule has 0 heterocycles. The number of nitrogens with one attached hydrogen (secondary N) is 1. The van der Waals surface area contributed by atoms with Crippen LogP contribution in [0.1, 0.15) is 123 Å². The fourth-order valence-corrected chi connectivity index (χ4v) is 3.32. The zero-order valence-electron chi connectivity index (χ0n) is 17.6. The first-order chi connectivity index (χ1) is 12.2. The summed E-state index contributed by atoms with van der Waals surface area (Å²) in [5.41, 5.74) is 2.92. The molecule has 0 aromatic heterocycles. The Morgan fingerprint density at radius 1 is 0.640 bits per heavy atom. The average molecular weight is 355 g/mol. The Morgan fingerprint density at radius 2 is 1.04 bits per heavy atom. The minimum absolute atomic E-state index is 0.172. The van der Waals surface area contributed by atoms with Gasteiger partial charge in [-0.2, -0.15) is 0 Å². The summed E-state index contributed by atoms with van der Waals surface area (Å²) in [6.45, 7) is 5.33. The van der Waals surface area contributed by atoms with Crippen molar-refractivity contribution in [3.05, 3.63) is 0 Å². The van der Waals surface area contributed by atoms with Crippen LogP contribution in [0, 0.1) is 0 Å². The molecule has 1 amide bonds. The van der Waals surface area contributed by atoms with Crippen LogP contribution >= 0.6 is 0 Å². The third kappa shape index (κ3) is 19.6. The van der Waals surface area contributed by atoms with Crippen LogP contribution in [0.5, 0.6) is 0 Å². The molecule has 0 aliphatic rings. The van der Waals surface area contributed by atoms with Gasteiger partial charge in [-0.3, -0.25) is 10.2 Å². The van der Waals surface area contributed by atoms with Gasteiger partial charge in [0, 0.05) is 20.0 Å². The Morgan fingerprint density at radius 3 is 1.44 bits per heavy atom. The molecule has 3 heteroatoms. The molecule has 0 saturated carbocycles. The molecular formula is C22H46N2O. The molecule has 0 aliphatic carbocycles. The van der Waals surface area contributed by atoms with Crippen LogP contribution in [-0.4, -0.2) is 24.5 Å². The lowest BCUT2D eigenvalue weighted by Crippen LogP contribution is -2.39. The molecule has 0 aromatic rings. The monoisotopic (exact) mass is 354 g/mol. The van der Waals surface area contributed by atoms with Crippen LogP contribution in [0.25, 0.3) is 0 Å². The van der Waals surface area contributed by atoms with E-state index < -0.39 is 0 Å². The standard InChI is InChI=1S/C22H46N2O/c1-4-6-7-8-9-10-11-12-13-14-15-16-17-18-19-20-22(25)23-24(3)21-5-2/h4-21H2,1-3H3,(H,23,25). The van der Waals surface area contributed by atoms with Crippen molar-refractivity contribution >= 4 is 5.91 Å². The molecule has 25 heavy (non-hydrogen) atoms. The van der Waals surface area contributed by atoms with E-state index in [-0.39, 0.29) is 5.91 Å². The minimum Gasteiger partial charge on any atom is -0.289 e. The molecule has 3 nitrogen and oxygen atoms in total. The molecule has 1 N–H and O–H groups in total. The van der Waals surface area contributed by atoms with Crippen molar-refractivity contribution in [1.82, 2.24) is 10.4 Å². The highest BCUT2D eigenvalue weighted by Crippen LogP contribution is 2.13. The van der Waals surface area contributed by atoms with Crippen molar-refractivity contribution < 1.29 is 4.79 Å². The molecule has 0 spiro atoms. The molecule has 0 radical (unpaired) electrons. The first-order valence-electron chi connectivity index (χ1n) is 11.2. The van der Waals surface area contributed by atoms with E-state index in [1.165, 1.54) is 89.9 Å². The van der Waals surface area contributed by atoms with Gasteiger partial charge in [0.2, 0.25) is 5.91 Å². The van der Waals surface area contributed by atoms with Gasteiger partial charge < -0.3 is 0 Å². The predicted molar refractivity (Wildman–Crippen MR) is 111 cm³/mol. The average Bonchev–Trinajstić information content (AvgIpc) is 2.58. The fourth-order valence-electron chi connectivity index (χ4n) is 3.32. The number of rotatable bonds is 19. The molecule has 0 unspecified atom stereocenters. The van der Waals surface area contributed by atoms with E-state index in [0.717, 1.165) is 19.4 Å². The van der Waals surface area contributed by atoms with Crippen LogP contribution in [0.2, 0.25) is 0 Å². The second kappa shape index (κ2) is 19.8. The van der Waals surface area contributed by atoms with Crippen LogP contribution in [0.4, 0.5) is 0 Å².